The molecule has 0 spiro atoms. The molecule has 6 nitrogen and oxygen atoms in total. The van der Waals surface area contributed by atoms with Crippen molar-refractivity contribution in [2.75, 3.05) is 18.0 Å². The molecule has 3 atom stereocenters. The minimum atomic E-state index is -0.877. The molecule has 2 heterocycles. The van der Waals surface area contributed by atoms with Gasteiger partial charge in [-0.3, -0.25) is 14.4 Å². The minimum absolute atomic E-state index is 0.182. The summed E-state index contributed by atoms with van der Waals surface area (Å²) in [4.78, 5) is 40.2. The third kappa shape index (κ3) is 3.20. The maximum atomic E-state index is 12.8. The lowest BCUT2D eigenvalue weighted by Gasteiger charge is -2.26. The highest BCUT2D eigenvalue weighted by Crippen LogP contribution is 2.31. The van der Waals surface area contributed by atoms with Crippen LogP contribution in [0.1, 0.15) is 45.1 Å². The molecule has 6 heteroatoms. The van der Waals surface area contributed by atoms with Crippen molar-refractivity contribution in [3.05, 3.63) is 29.8 Å². The Hall–Kier alpha value is -2.37. The third-order valence-corrected chi connectivity index (χ3v) is 5.73. The summed E-state index contributed by atoms with van der Waals surface area (Å²) < 4.78 is 0. The molecular weight excluding hydrogens is 332 g/mol. The predicted molar refractivity (Wildman–Crippen MR) is 97.9 cm³/mol. The van der Waals surface area contributed by atoms with Crippen molar-refractivity contribution in [2.45, 2.75) is 45.6 Å². The van der Waals surface area contributed by atoms with Crippen molar-refractivity contribution in [3.63, 3.8) is 0 Å². The van der Waals surface area contributed by atoms with Crippen molar-refractivity contribution < 1.29 is 19.5 Å². The Morgan fingerprint density at radius 2 is 1.77 bits per heavy atom. The lowest BCUT2D eigenvalue weighted by Crippen LogP contribution is -2.43. The summed E-state index contributed by atoms with van der Waals surface area (Å²) in [6.45, 7) is 6.91. The summed E-state index contributed by atoms with van der Waals surface area (Å²) in [6, 6.07) is 7.52. The largest absolute Gasteiger partial charge is 0.481 e. The van der Waals surface area contributed by atoms with Gasteiger partial charge in [0.05, 0.1) is 5.92 Å². The topological polar surface area (TPSA) is 77.9 Å². The van der Waals surface area contributed by atoms with Gasteiger partial charge < -0.3 is 14.9 Å². The molecular formula is C20H26N2O4. The van der Waals surface area contributed by atoms with Crippen LogP contribution >= 0.6 is 0 Å². The van der Waals surface area contributed by atoms with Crippen LogP contribution in [0.15, 0.2) is 24.3 Å². The van der Waals surface area contributed by atoms with E-state index in [-0.39, 0.29) is 17.9 Å². The Morgan fingerprint density at radius 3 is 2.31 bits per heavy atom. The molecule has 3 unspecified atom stereocenters. The van der Waals surface area contributed by atoms with Crippen LogP contribution in [0.5, 0.6) is 0 Å². The van der Waals surface area contributed by atoms with Gasteiger partial charge in [0, 0.05) is 24.8 Å². The smallest absolute Gasteiger partial charge is 0.308 e. The number of aliphatic carboxylic acids is 1. The van der Waals surface area contributed by atoms with E-state index < -0.39 is 17.8 Å². The molecule has 0 aromatic heterocycles. The number of amides is 2. The number of anilines is 1. The molecule has 1 aromatic carbocycles. The van der Waals surface area contributed by atoms with Crippen LogP contribution in [0.3, 0.4) is 0 Å². The maximum absolute atomic E-state index is 12.8. The second kappa shape index (κ2) is 7.09. The normalized spacial score (nSPS) is 26.0. The third-order valence-electron chi connectivity index (χ3n) is 5.73. The summed E-state index contributed by atoms with van der Waals surface area (Å²) in [5.74, 6) is -2.11. The van der Waals surface area contributed by atoms with E-state index in [0.717, 1.165) is 5.69 Å². The predicted octanol–water partition coefficient (Wildman–Crippen LogP) is 2.48. The molecule has 1 aromatic rings. The van der Waals surface area contributed by atoms with E-state index in [1.54, 1.807) is 16.7 Å². The van der Waals surface area contributed by atoms with E-state index in [4.69, 9.17) is 0 Å². The van der Waals surface area contributed by atoms with Gasteiger partial charge in [0.25, 0.3) is 0 Å². The van der Waals surface area contributed by atoms with Gasteiger partial charge in [-0.25, -0.2) is 0 Å². The average molecular weight is 358 g/mol. The minimum Gasteiger partial charge on any atom is -0.481 e. The number of carbonyl (C=O) groups excluding carboxylic acids is 2. The summed E-state index contributed by atoms with van der Waals surface area (Å²) in [5, 5.41) is 9.24. The Labute approximate surface area is 153 Å². The Morgan fingerprint density at radius 1 is 1.12 bits per heavy atom. The zero-order valence-corrected chi connectivity index (χ0v) is 15.5. The Balaban J connectivity index is 1.71. The van der Waals surface area contributed by atoms with Gasteiger partial charge >= 0.3 is 5.97 Å². The average Bonchev–Trinajstić information content (AvgIpc) is 3.17. The molecule has 2 amide bonds. The first-order valence-corrected chi connectivity index (χ1v) is 9.26. The van der Waals surface area contributed by atoms with Gasteiger partial charge in [-0.2, -0.15) is 0 Å². The van der Waals surface area contributed by atoms with Gasteiger partial charge in [-0.05, 0) is 43.4 Å². The second-order valence-corrected chi connectivity index (χ2v) is 7.58. The highest BCUT2D eigenvalue weighted by atomic mass is 16.4. The van der Waals surface area contributed by atoms with E-state index in [9.17, 15) is 19.5 Å². The quantitative estimate of drug-likeness (QED) is 0.839. The molecule has 140 valence electrons. The first-order chi connectivity index (χ1) is 12.3. The van der Waals surface area contributed by atoms with E-state index >= 15 is 0 Å². The standard InChI is InChI=1S/C20H26N2O4/c1-12(2)14-4-6-15(7-5-14)22-11-9-17(19(22)24)18(23)21-10-8-16(13(21)3)20(25)26/h4-7,12-13,16-17H,8-11H2,1-3H3,(H,25,26). The fraction of sp³-hybridized carbons (Fsp3) is 0.550. The van der Waals surface area contributed by atoms with E-state index in [0.29, 0.717) is 31.8 Å². The maximum Gasteiger partial charge on any atom is 0.308 e. The first kappa shape index (κ1) is 18.4. The first-order valence-electron chi connectivity index (χ1n) is 9.26. The van der Waals surface area contributed by atoms with Crippen LogP contribution in [0.4, 0.5) is 5.69 Å². The van der Waals surface area contributed by atoms with Crippen LogP contribution in [0.25, 0.3) is 0 Å². The number of carbonyl (C=O) groups is 3. The van der Waals surface area contributed by atoms with Crippen molar-refractivity contribution in [2.24, 2.45) is 11.8 Å². The molecule has 0 aliphatic carbocycles. The Kier molecular flexibility index (Phi) is 5.03. The lowest BCUT2D eigenvalue weighted by atomic mass is 10.0. The SMILES string of the molecule is CC(C)c1ccc(N2CCC(C(=O)N3CCC(C(=O)O)C3C)C2=O)cc1. The number of likely N-dealkylation sites (tertiary alicyclic amines) is 1. The van der Waals surface area contributed by atoms with Gasteiger partial charge in [0.15, 0.2) is 0 Å². The van der Waals surface area contributed by atoms with Crippen LogP contribution in [0.2, 0.25) is 0 Å². The lowest BCUT2D eigenvalue weighted by molar-refractivity contribution is -0.144. The number of nitrogens with zero attached hydrogens (tertiary/aromatic N) is 2. The number of carboxylic acid groups (broad SMARTS) is 1. The number of carboxylic acids is 1. The number of hydrogen-bond acceptors (Lipinski definition) is 3. The molecule has 26 heavy (non-hydrogen) atoms. The fourth-order valence-electron chi connectivity index (χ4n) is 3.99. The second-order valence-electron chi connectivity index (χ2n) is 7.58. The van der Waals surface area contributed by atoms with Crippen molar-refractivity contribution in [3.8, 4) is 0 Å². The van der Waals surface area contributed by atoms with Crippen LogP contribution < -0.4 is 4.90 Å². The molecule has 0 saturated carbocycles. The summed E-state index contributed by atoms with van der Waals surface area (Å²) in [5.41, 5.74) is 2.02. The fourth-order valence-corrected chi connectivity index (χ4v) is 3.99. The molecule has 0 radical (unpaired) electrons. The summed E-state index contributed by atoms with van der Waals surface area (Å²) >= 11 is 0. The number of hydrogen-bond donors (Lipinski definition) is 1. The van der Waals surface area contributed by atoms with Crippen molar-refractivity contribution in [1.82, 2.24) is 4.90 Å². The van der Waals surface area contributed by atoms with Crippen LogP contribution in [0, 0.1) is 11.8 Å². The molecule has 3 rings (SSSR count). The highest BCUT2D eigenvalue weighted by Gasteiger charge is 2.45. The highest BCUT2D eigenvalue weighted by molar-refractivity contribution is 6.09. The molecule has 1 N–H and O–H groups in total. The van der Waals surface area contributed by atoms with E-state index in [2.05, 4.69) is 13.8 Å². The van der Waals surface area contributed by atoms with Crippen molar-refractivity contribution >= 4 is 23.5 Å². The molecule has 2 aliphatic rings. The van der Waals surface area contributed by atoms with Crippen LogP contribution in [-0.2, 0) is 14.4 Å². The van der Waals surface area contributed by atoms with E-state index in [1.807, 2.05) is 24.3 Å². The zero-order valence-electron chi connectivity index (χ0n) is 15.5. The zero-order chi connectivity index (χ0) is 19.0. The van der Waals surface area contributed by atoms with Crippen LogP contribution in [-0.4, -0.2) is 46.9 Å². The summed E-state index contributed by atoms with van der Waals surface area (Å²) in [6.07, 6.45) is 0.925. The molecule has 2 fully saturated rings. The summed E-state index contributed by atoms with van der Waals surface area (Å²) in [7, 11) is 0. The Bertz CT molecular complexity index is 713. The monoisotopic (exact) mass is 358 g/mol. The molecule has 2 aliphatic heterocycles. The van der Waals surface area contributed by atoms with Gasteiger partial charge in [0.2, 0.25) is 11.8 Å². The van der Waals surface area contributed by atoms with Gasteiger partial charge in [-0.15, -0.1) is 0 Å². The molecule has 2 saturated heterocycles. The number of benzene rings is 1. The van der Waals surface area contributed by atoms with Crippen molar-refractivity contribution in [1.29, 1.82) is 0 Å². The van der Waals surface area contributed by atoms with E-state index in [1.165, 1.54) is 5.56 Å². The van der Waals surface area contributed by atoms with Gasteiger partial charge in [0.1, 0.15) is 5.92 Å². The molecule has 0 bridgehead atoms. The van der Waals surface area contributed by atoms with Gasteiger partial charge in [-0.1, -0.05) is 26.0 Å². The number of rotatable bonds is 4.